The number of isocyanates is 1. The van der Waals surface area contributed by atoms with E-state index in [2.05, 4.69) is 20.9 Å². The predicted octanol–water partition coefficient (Wildman–Crippen LogP) is 2.35. The topological polar surface area (TPSA) is 38.7 Å². The van der Waals surface area contributed by atoms with E-state index in [1.54, 1.807) is 6.08 Å². The van der Waals surface area contributed by atoms with Crippen molar-refractivity contribution in [3.63, 3.8) is 0 Å². The van der Waals surface area contributed by atoms with Gasteiger partial charge in [0.15, 0.2) is 0 Å². The Kier molecular flexibility index (Phi) is 2.17. The van der Waals surface area contributed by atoms with Gasteiger partial charge < -0.3 is 4.74 Å². The Morgan fingerprint density at radius 2 is 2.38 bits per heavy atom. The van der Waals surface area contributed by atoms with Crippen molar-refractivity contribution in [2.45, 2.75) is 6.42 Å². The molecular weight excluding hydrogens is 234 g/mol. The lowest BCUT2D eigenvalue weighted by atomic mass is 10.1. The van der Waals surface area contributed by atoms with E-state index in [0.29, 0.717) is 12.3 Å². The molecule has 0 unspecified atom stereocenters. The Morgan fingerprint density at radius 1 is 1.54 bits per heavy atom. The van der Waals surface area contributed by atoms with E-state index in [4.69, 9.17) is 4.74 Å². The fraction of sp³-hybridized carbons (Fsp3) is 0.222. The van der Waals surface area contributed by atoms with E-state index in [9.17, 15) is 4.79 Å². The maximum Gasteiger partial charge on any atom is 0.240 e. The standard InChI is InChI=1S/C9H6BrNO2/c10-7-1-2-8-6(3-4-13-8)9(7)11-5-12/h1-2H,3-4H2. The molecule has 2 rings (SSSR count). The van der Waals surface area contributed by atoms with Gasteiger partial charge in [0.2, 0.25) is 6.08 Å². The number of aliphatic imine (C=N–C) groups is 1. The van der Waals surface area contributed by atoms with E-state index >= 15 is 0 Å². The molecule has 0 amide bonds. The van der Waals surface area contributed by atoms with E-state index < -0.39 is 0 Å². The lowest BCUT2D eigenvalue weighted by Gasteiger charge is -2.02. The molecule has 13 heavy (non-hydrogen) atoms. The highest BCUT2D eigenvalue weighted by Gasteiger charge is 2.17. The molecule has 1 aromatic rings. The summed E-state index contributed by atoms with van der Waals surface area (Å²) in [6.07, 6.45) is 2.34. The first-order valence-corrected chi connectivity index (χ1v) is 4.64. The molecule has 3 nitrogen and oxygen atoms in total. The zero-order chi connectivity index (χ0) is 9.26. The minimum absolute atomic E-state index is 0.644. The Bertz CT molecular complexity index is 397. The molecule has 0 fully saturated rings. The monoisotopic (exact) mass is 239 g/mol. The Balaban J connectivity index is 2.64. The van der Waals surface area contributed by atoms with Gasteiger partial charge in [0.25, 0.3) is 0 Å². The molecule has 0 saturated heterocycles. The quantitative estimate of drug-likeness (QED) is 0.558. The van der Waals surface area contributed by atoms with Crippen molar-refractivity contribution < 1.29 is 9.53 Å². The maximum absolute atomic E-state index is 10.2. The number of hydrogen-bond acceptors (Lipinski definition) is 3. The molecule has 0 radical (unpaired) electrons. The second kappa shape index (κ2) is 3.32. The Morgan fingerprint density at radius 3 is 3.15 bits per heavy atom. The van der Waals surface area contributed by atoms with E-state index in [0.717, 1.165) is 22.2 Å². The summed E-state index contributed by atoms with van der Waals surface area (Å²) in [7, 11) is 0. The number of ether oxygens (including phenoxy) is 1. The first-order valence-electron chi connectivity index (χ1n) is 3.85. The van der Waals surface area contributed by atoms with Gasteiger partial charge in [-0.2, -0.15) is 4.99 Å². The van der Waals surface area contributed by atoms with Crippen LogP contribution in [0, 0.1) is 0 Å². The van der Waals surface area contributed by atoms with Crippen LogP contribution in [0.1, 0.15) is 5.56 Å². The van der Waals surface area contributed by atoms with Gasteiger partial charge in [-0.1, -0.05) is 0 Å². The van der Waals surface area contributed by atoms with Gasteiger partial charge in [-0.3, -0.25) is 0 Å². The van der Waals surface area contributed by atoms with E-state index in [1.165, 1.54) is 0 Å². The number of benzene rings is 1. The molecule has 0 N–H and O–H groups in total. The van der Waals surface area contributed by atoms with Crippen LogP contribution < -0.4 is 4.74 Å². The fourth-order valence-electron chi connectivity index (χ4n) is 1.40. The lowest BCUT2D eigenvalue weighted by molar-refractivity contribution is 0.357. The van der Waals surface area contributed by atoms with E-state index in [-0.39, 0.29) is 0 Å². The van der Waals surface area contributed by atoms with Crippen molar-refractivity contribution in [1.82, 2.24) is 0 Å². The average molecular weight is 240 g/mol. The molecule has 0 atom stereocenters. The van der Waals surface area contributed by atoms with Gasteiger partial charge in [-0.05, 0) is 28.1 Å². The van der Waals surface area contributed by atoms with Crippen LogP contribution in [0.15, 0.2) is 21.6 Å². The van der Waals surface area contributed by atoms with Gasteiger partial charge in [0, 0.05) is 16.5 Å². The van der Waals surface area contributed by atoms with Gasteiger partial charge in [-0.25, -0.2) is 4.79 Å². The van der Waals surface area contributed by atoms with Gasteiger partial charge >= 0.3 is 0 Å². The Labute approximate surface area is 83.6 Å². The number of fused-ring (bicyclic) bond motifs is 1. The number of nitrogens with zero attached hydrogens (tertiary/aromatic N) is 1. The van der Waals surface area contributed by atoms with Crippen LogP contribution >= 0.6 is 15.9 Å². The van der Waals surface area contributed by atoms with Gasteiger partial charge in [-0.15, -0.1) is 0 Å². The van der Waals surface area contributed by atoms with Crippen LogP contribution in [0.4, 0.5) is 5.69 Å². The normalized spacial score (nSPS) is 13.0. The van der Waals surface area contributed by atoms with Crippen molar-refractivity contribution in [3.05, 3.63) is 22.2 Å². The highest BCUT2D eigenvalue weighted by atomic mass is 79.9. The molecule has 1 aliphatic rings. The number of halogens is 1. The Hall–Kier alpha value is -1.12. The average Bonchev–Trinajstić information content (AvgIpc) is 2.58. The number of hydrogen-bond donors (Lipinski definition) is 0. The largest absolute Gasteiger partial charge is 0.493 e. The zero-order valence-corrected chi connectivity index (χ0v) is 8.30. The molecule has 0 aliphatic carbocycles. The molecule has 0 aromatic heterocycles. The third kappa shape index (κ3) is 1.39. The molecule has 66 valence electrons. The van der Waals surface area contributed by atoms with Gasteiger partial charge in [0.1, 0.15) is 5.75 Å². The highest BCUT2D eigenvalue weighted by Crippen LogP contribution is 2.38. The lowest BCUT2D eigenvalue weighted by Crippen LogP contribution is -1.85. The maximum atomic E-state index is 10.2. The SMILES string of the molecule is O=C=Nc1c(Br)ccc2c1CCO2. The summed E-state index contributed by atoms with van der Waals surface area (Å²) in [5.74, 6) is 0.817. The summed E-state index contributed by atoms with van der Waals surface area (Å²) in [6, 6.07) is 3.69. The summed E-state index contributed by atoms with van der Waals surface area (Å²) in [6.45, 7) is 0.660. The third-order valence-corrected chi connectivity index (χ3v) is 2.60. The molecule has 1 aromatic carbocycles. The third-order valence-electron chi connectivity index (χ3n) is 1.96. The molecular formula is C9H6BrNO2. The minimum atomic E-state index is 0.644. The molecule has 4 heteroatoms. The van der Waals surface area contributed by atoms with Crippen molar-refractivity contribution in [1.29, 1.82) is 0 Å². The second-order valence-corrected chi connectivity index (χ2v) is 3.53. The summed E-state index contributed by atoms with van der Waals surface area (Å²) >= 11 is 3.32. The molecule has 0 spiro atoms. The van der Waals surface area contributed by atoms with E-state index in [1.807, 2.05) is 12.1 Å². The van der Waals surface area contributed by atoms with Crippen LogP contribution in [0.5, 0.6) is 5.75 Å². The summed E-state index contributed by atoms with van der Waals surface area (Å²) in [5, 5.41) is 0. The number of carbonyl (C=O) groups excluding carboxylic acids is 1. The first kappa shape index (κ1) is 8.48. The zero-order valence-electron chi connectivity index (χ0n) is 6.71. The number of rotatable bonds is 1. The molecule has 0 saturated carbocycles. The van der Waals surface area contributed by atoms with Crippen molar-refractivity contribution in [3.8, 4) is 5.75 Å². The molecule has 0 bridgehead atoms. The van der Waals surface area contributed by atoms with Crippen LogP contribution in [-0.4, -0.2) is 12.7 Å². The van der Waals surface area contributed by atoms with Crippen molar-refractivity contribution >= 4 is 27.7 Å². The molecule has 1 heterocycles. The highest BCUT2D eigenvalue weighted by molar-refractivity contribution is 9.10. The summed E-state index contributed by atoms with van der Waals surface area (Å²) < 4.78 is 6.14. The van der Waals surface area contributed by atoms with Gasteiger partial charge in [0.05, 0.1) is 12.3 Å². The predicted molar refractivity (Wildman–Crippen MR) is 51.1 cm³/mol. The van der Waals surface area contributed by atoms with Crippen LogP contribution in [0.2, 0.25) is 0 Å². The van der Waals surface area contributed by atoms with Crippen LogP contribution in [-0.2, 0) is 11.2 Å². The van der Waals surface area contributed by atoms with Crippen LogP contribution in [0.25, 0.3) is 0 Å². The minimum Gasteiger partial charge on any atom is -0.493 e. The smallest absolute Gasteiger partial charge is 0.240 e. The first-order chi connectivity index (χ1) is 6.33. The van der Waals surface area contributed by atoms with Crippen molar-refractivity contribution in [2.24, 2.45) is 4.99 Å². The fourth-order valence-corrected chi connectivity index (χ4v) is 1.86. The second-order valence-electron chi connectivity index (χ2n) is 2.67. The van der Waals surface area contributed by atoms with Crippen LogP contribution in [0.3, 0.4) is 0 Å². The summed E-state index contributed by atoms with van der Waals surface area (Å²) in [5.41, 5.74) is 1.63. The molecule has 1 aliphatic heterocycles. The van der Waals surface area contributed by atoms with Crippen molar-refractivity contribution in [2.75, 3.05) is 6.61 Å². The summed E-state index contributed by atoms with van der Waals surface area (Å²) in [4.78, 5) is 13.8.